The first-order valence-electron chi connectivity index (χ1n) is 11.7. The van der Waals surface area contributed by atoms with Crippen molar-refractivity contribution in [3.05, 3.63) is 0 Å². The standard InChI is InChI=1S/C22H30Cl3FN2O4/c23-14-3-1-12(5-16(14)25)18-7-32-20(30)28(18)22-9-21(10-22,11-22)27-19(29)8-31-13-2-4-15(24)17(26)6-13/h12-18H,1-11H2,(H,27,29)/t12?,13?,14?,15?,16?,17?,18-,21?,22?/m1/s1. The highest BCUT2D eigenvalue weighted by molar-refractivity contribution is 6.30. The molecule has 1 N–H and O–H groups in total. The van der Waals surface area contributed by atoms with Crippen LogP contribution in [0.1, 0.15) is 57.8 Å². The summed E-state index contributed by atoms with van der Waals surface area (Å²) in [7, 11) is 0. The van der Waals surface area contributed by atoms with Gasteiger partial charge < -0.3 is 14.8 Å². The van der Waals surface area contributed by atoms with E-state index in [2.05, 4.69) is 5.32 Å². The first kappa shape index (κ1) is 23.3. The molecule has 0 radical (unpaired) electrons. The molecule has 1 aliphatic heterocycles. The molecule has 0 aromatic carbocycles. The highest BCUT2D eigenvalue weighted by Gasteiger charge is 2.74. The van der Waals surface area contributed by atoms with Crippen molar-refractivity contribution in [1.29, 1.82) is 0 Å². The second-order valence-electron chi connectivity index (χ2n) is 10.5. The third kappa shape index (κ3) is 4.09. The Morgan fingerprint density at radius 1 is 1.09 bits per heavy atom. The zero-order valence-electron chi connectivity index (χ0n) is 17.9. The zero-order valence-corrected chi connectivity index (χ0v) is 20.2. The van der Waals surface area contributed by atoms with E-state index in [1.54, 1.807) is 0 Å². The largest absolute Gasteiger partial charge is 0.447 e. The number of alkyl halides is 4. The van der Waals surface area contributed by atoms with Gasteiger partial charge in [0.25, 0.3) is 0 Å². The molecule has 6 nitrogen and oxygen atoms in total. The van der Waals surface area contributed by atoms with E-state index in [9.17, 15) is 14.0 Å². The van der Waals surface area contributed by atoms with Crippen LogP contribution in [-0.4, -0.2) is 75.6 Å². The van der Waals surface area contributed by atoms with Crippen LogP contribution in [0.2, 0.25) is 0 Å². The van der Waals surface area contributed by atoms with Crippen LogP contribution in [-0.2, 0) is 14.3 Å². The van der Waals surface area contributed by atoms with Gasteiger partial charge >= 0.3 is 6.09 Å². The molecule has 7 atom stereocenters. The Hall–Kier alpha value is -0.500. The van der Waals surface area contributed by atoms with E-state index in [1.807, 2.05) is 4.90 Å². The smallest absolute Gasteiger partial charge is 0.410 e. The van der Waals surface area contributed by atoms with Crippen LogP contribution in [0.25, 0.3) is 0 Å². The van der Waals surface area contributed by atoms with Gasteiger partial charge in [0.1, 0.15) is 19.4 Å². The minimum absolute atomic E-state index is 0.0178. The molecule has 2 bridgehead atoms. The molecule has 0 aromatic heterocycles. The lowest BCUT2D eigenvalue weighted by Crippen LogP contribution is -2.85. The molecule has 10 heteroatoms. The van der Waals surface area contributed by atoms with Gasteiger partial charge in [-0.1, -0.05) is 0 Å². The van der Waals surface area contributed by atoms with Crippen molar-refractivity contribution in [2.24, 2.45) is 5.92 Å². The minimum atomic E-state index is -1.09. The first-order valence-corrected chi connectivity index (χ1v) is 13.0. The molecule has 32 heavy (non-hydrogen) atoms. The lowest BCUT2D eigenvalue weighted by atomic mass is 9.43. The lowest BCUT2D eigenvalue weighted by Gasteiger charge is -2.73. The number of halogens is 4. The van der Waals surface area contributed by atoms with Gasteiger partial charge in [0.2, 0.25) is 5.91 Å². The Morgan fingerprint density at radius 2 is 1.81 bits per heavy atom. The summed E-state index contributed by atoms with van der Waals surface area (Å²) in [6.07, 6.45) is 4.64. The van der Waals surface area contributed by atoms with Crippen molar-refractivity contribution in [3.8, 4) is 0 Å². The summed E-state index contributed by atoms with van der Waals surface area (Å²) in [5, 5.41) is 2.53. The van der Waals surface area contributed by atoms with E-state index in [-0.39, 0.29) is 64.9 Å². The molecule has 6 unspecified atom stereocenters. The van der Waals surface area contributed by atoms with Gasteiger partial charge in [0.05, 0.1) is 28.4 Å². The number of hydrogen-bond acceptors (Lipinski definition) is 4. The molecule has 1 saturated heterocycles. The maximum Gasteiger partial charge on any atom is 0.410 e. The lowest BCUT2D eigenvalue weighted by molar-refractivity contribution is -0.178. The van der Waals surface area contributed by atoms with Gasteiger partial charge in [-0.15, -0.1) is 34.8 Å². The number of amides is 2. The van der Waals surface area contributed by atoms with Crippen LogP contribution in [0.3, 0.4) is 0 Å². The zero-order chi connectivity index (χ0) is 22.7. The van der Waals surface area contributed by atoms with Crippen LogP contribution < -0.4 is 5.32 Å². The Bertz CT molecular complexity index is 754. The summed E-state index contributed by atoms with van der Waals surface area (Å²) >= 11 is 18.6. The van der Waals surface area contributed by atoms with Crippen molar-refractivity contribution in [2.75, 3.05) is 13.2 Å². The predicted octanol–water partition coefficient (Wildman–Crippen LogP) is 4.13. The molecule has 6 fully saturated rings. The Labute approximate surface area is 202 Å². The molecular weight excluding hydrogens is 482 g/mol. The number of nitrogens with zero attached hydrogens (tertiary/aromatic N) is 1. The van der Waals surface area contributed by atoms with Crippen molar-refractivity contribution in [1.82, 2.24) is 10.2 Å². The number of nitrogens with one attached hydrogen (secondary N) is 1. The summed E-state index contributed by atoms with van der Waals surface area (Å²) in [5.41, 5.74) is -0.501. The highest BCUT2D eigenvalue weighted by Crippen LogP contribution is 2.65. The van der Waals surface area contributed by atoms with E-state index in [0.29, 0.717) is 19.4 Å². The third-order valence-corrected chi connectivity index (χ3v) is 9.82. The molecule has 6 rings (SSSR count). The summed E-state index contributed by atoms with van der Waals surface area (Å²) in [6, 6.07) is 0.0240. The molecule has 5 saturated carbocycles. The molecular formula is C22H30Cl3FN2O4. The molecule has 6 aliphatic rings. The van der Waals surface area contributed by atoms with Crippen molar-refractivity contribution >= 4 is 46.8 Å². The topological polar surface area (TPSA) is 67.9 Å². The minimum Gasteiger partial charge on any atom is -0.447 e. The van der Waals surface area contributed by atoms with Crippen molar-refractivity contribution < 1.29 is 23.5 Å². The second-order valence-corrected chi connectivity index (χ2v) is 12.2. The molecule has 180 valence electrons. The average Bonchev–Trinajstić information content (AvgIpc) is 3.08. The number of rotatable bonds is 6. The van der Waals surface area contributed by atoms with Crippen LogP contribution >= 0.6 is 34.8 Å². The van der Waals surface area contributed by atoms with Gasteiger partial charge in [-0.3, -0.25) is 9.69 Å². The second kappa shape index (κ2) is 8.62. The SMILES string of the molecule is O=C(COC1CCC(Cl)C(F)C1)NC12CC(N3C(=O)OC[C@@H]3C3CCC(Cl)C(Cl)C3)(C1)C2. The van der Waals surface area contributed by atoms with Crippen LogP contribution in [0.15, 0.2) is 0 Å². The average molecular weight is 512 g/mol. The van der Waals surface area contributed by atoms with Crippen LogP contribution in [0, 0.1) is 5.92 Å². The van der Waals surface area contributed by atoms with E-state index >= 15 is 0 Å². The van der Waals surface area contributed by atoms with E-state index in [4.69, 9.17) is 44.3 Å². The highest BCUT2D eigenvalue weighted by atomic mass is 35.5. The van der Waals surface area contributed by atoms with Gasteiger partial charge in [-0.05, 0) is 57.3 Å². The molecule has 0 aromatic rings. The van der Waals surface area contributed by atoms with Crippen molar-refractivity contribution in [3.63, 3.8) is 0 Å². The van der Waals surface area contributed by atoms with Crippen molar-refractivity contribution in [2.45, 2.75) is 103 Å². The first-order chi connectivity index (χ1) is 15.2. The Balaban J connectivity index is 1.11. The predicted molar refractivity (Wildman–Crippen MR) is 119 cm³/mol. The molecule has 2 amide bonds. The normalized spacial score (nSPS) is 47.9. The van der Waals surface area contributed by atoms with Gasteiger partial charge in [0, 0.05) is 17.3 Å². The van der Waals surface area contributed by atoms with Gasteiger partial charge in [0.15, 0.2) is 0 Å². The third-order valence-electron chi connectivity index (χ3n) is 8.20. The number of hydrogen-bond donors (Lipinski definition) is 1. The van der Waals surface area contributed by atoms with Crippen LogP contribution in [0.4, 0.5) is 9.18 Å². The number of cyclic esters (lactones) is 1. The monoisotopic (exact) mass is 510 g/mol. The summed E-state index contributed by atoms with van der Waals surface area (Å²) < 4.78 is 24.8. The van der Waals surface area contributed by atoms with E-state index < -0.39 is 11.5 Å². The Kier molecular flexibility index (Phi) is 6.26. The number of ether oxygens (including phenoxy) is 2. The quantitative estimate of drug-likeness (QED) is 0.545. The summed E-state index contributed by atoms with van der Waals surface area (Å²) in [4.78, 5) is 27.0. The summed E-state index contributed by atoms with van der Waals surface area (Å²) in [5.74, 6) is 0.0991. The maximum absolute atomic E-state index is 13.8. The number of carbonyl (C=O) groups excluding carboxylic acids is 2. The molecule has 5 aliphatic carbocycles. The van der Waals surface area contributed by atoms with Crippen LogP contribution in [0.5, 0.6) is 0 Å². The molecule has 0 spiro atoms. The molecule has 1 heterocycles. The fourth-order valence-electron chi connectivity index (χ4n) is 6.63. The maximum atomic E-state index is 13.8. The van der Waals surface area contributed by atoms with Gasteiger partial charge in [-0.2, -0.15) is 0 Å². The van der Waals surface area contributed by atoms with Gasteiger partial charge in [-0.25, -0.2) is 9.18 Å². The fourth-order valence-corrected chi connectivity index (χ4v) is 7.44. The summed E-state index contributed by atoms with van der Waals surface area (Å²) in [6.45, 7) is 0.321. The Morgan fingerprint density at radius 3 is 2.50 bits per heavy atom. The number of carbonyl (C=O) groups is 2. The van der Waals surface area contributed by atoms with E-state index in [0.717, 1.165) is 38.5 Å². The fraction of sp³-hybridized carbons (Fsp3) is 0.909. The van der Waals surface area contributed by atoms with E-state index in [1.165, 1.54) is 0 Å².